The van der Waals surface area contributed by atoms with Crippen molar-refractivity contribution in [3.63, 3.8) is 0 Å². The topological polar surface area (TPSA) is 73.3 Å². The average Bonchev–Trinajstić information content (AvgIpc) is 3.38. The second-order valence-corrected chi connectivity index (χ2v) is 13.6. The van der Waals surface area contributed by atoms with Crippen LogP contribution in [0.5, 0.6) is 5.75 Å². The molecule has 0 aromatic heterocycles. The summed E-state index contributed by atoms with van der Waals surface area (Å²) in [5.41, 5.74) is -0.807. The van der Waals surface area contributed by atoms with E-state index in [0.717, 1.165) is 36.6 Å². The average molecular weight is 646 g/mol. The van der Waals surface area contributed by atoms with Crippen molar-refractivity contribution in [2.75, 3.05) is 57.8 Å². The second kappa shape index (κ2) is 13.0. The first-order valence-electron chi connectivity index (χ1n) is 16.5. The van der Waals surface area contributed by atoms with Crippen molar-refractivity contribution in [2.45, 2.75) is 68.6 Å². The molecule has 3 heterocycles. The highest BCUT2D eigenvalue weighted by Crippen LogP contribution is 2.45. The number of anilines is 1. The van der Waals surface area contributed by atoms with Crippen molar-refractivity contribution < 1.29 is 37.0 Å². The smallest absolute Gasteiger partial charge is 0.416 e. The van der Waals surface area contributed by atoms with E-state index in [1.54, 1.807) is 24.1 Å². The molecular formula is C35H43F4N3O4. The molecule has 1 amide bonds. The Morgan fingerprint density at radius 1 is 0.957 bits per heavy atom. The van der Waals surface area contributed by atoms with Crippen LogP contribution in [0.2, 0.25) is 0 Å². The molecule has 250 valence electrons. The van der Waals surface area contributed by atoms with Gasteiger partial charge in [0.25, 0.3) is 5.91 Å². The molecule has 0 spiro atoms. The fourth-order valence-corrected chi connectivity index (χ4v) is 7.87. The highest BCUT2D eigenvalue weighted by Gasteiger charge is 2.55. The van der Waals surface area contributed by atoms with E-state index in [2.05, 4.69) is 4.90 Å². The Balaban J connectivity index is 1.19. The van der Waals surface area contributed by atoms with Crippen molar-refractivity contribution in [1.29, 1.82) is 0 Å². The molecule has 2 aromatic carbocycles. The summed E-state index contributed by atoms with van der Waals surface area (Å²) in [5.74, 6) is -1.41. The van der Waals surface area contributed by atoms with Gasteiger partial charge in [-0.05, 0) is 85.8 Å². The zero-order valence-corrected chi connectivity index (χ0v) is 26.3. The molecule has 4 aliphatic rings. The Labute approximate surface area is 267 Å². The number of carbonyl (C=O) groups is 2. The number of carboxylic acid groups (broad SMARTS) is 1. The van der Waals surface area contributed by atoms with Crippen LogP contribution in [0.4, 0.5) is 23.2 Å². The molecule has 1 saturated carbocycles. The third-order valence-electron chi connectivity index (χ3n) is 10.8. The molecule has 7 nitrogen and oxygen atoms in total. The maximum atomic E-state index is 17.2. The number of methoxy groups -OCH3 is 1. The highest BCUT2D eigenvalue weighted by molar-refractivity contribution is 5.87. The van der Waals surface area contributed by atoms with Gasteiger partial charge < -0.3 is 19.6 Å². The zero-order valence-electron chi connectivity index (χ0n) is 26.3. The maximum absolute atomic E-state index is 17.2. The van der Waals surface area contributed by atoms with E-state index in [1.165, 1.54) is 18.6 Å². The Hall–Kier alpha value is -3.34. The number of carbonyl (C=O) groups excluding carboxylic acids is 1. The van der Waals surface area contributed by atoms with Gasteiger partial charge in [-0.3, -0.25) is 14.5 Å². The van der Waals surface area contributed by atoms with Crippen LogP contribution in [-0.4, -0.2) is 85.4 Å². The van der Waals surface area contributed by atoms with Crippen LogP contribution in [0.1, 0.15) is 73.5 Å². The number of carboxylic acids is 1. The molecule has 2 aromatic rings. The van der Waals surface area contributed by atoms with E-state index in [4.69, 9.17) is 4.74 Å². The molecule has 3 saturated heterocycles. The number of benzene rings is 2. The van der Waals surface area contributed by atoms with E-state index in [9.17, 15) is 27.9 Å². The zero-order chi connectivity index (χ0) is 32.6. The minimum absolute atomic E-state index is 0.0499. The summed E-state index contributed by atoms with van der Waals surface area (Å²) in [5, 5.41) is 9.41. The van der Waals surface area contributed by atoms with Crippen LogP contribution in [0.3, 0.4) is 0 Å². The monoisotopic (exact) mass is 645 g/mol. The normalized spacial score (nSPS) is 25.5. The van der Waals surface area contributed by atoms with Gasteiger partial charge in [0.2, 0.25) is 5.67 Å². The Morgan fingerprint density at radius 2 is 1.63 bits per heavy atom. The SMILES string of the molecule is COc1ccc([C@@H]2CN(CC3CCC3)C[C@@]2(F)C(=O)N2CCC(c3ccc(C(F)(F)F)cc3N3CCC(C(=O)O)CC3)CC2)cc1. The fraction of sp³-hybridized carbons (Fsp3) is 0.600. The summed E-state index contributed by atoms with van der Waals surface area (Å²) in [4.78, 5) is 31.1. The molecule has 4 fully saturated rings. The van der Waals surface area contributed by atoms with Crippen LogP contribution in [-0.2, 0) is 15.8 Å². The van der Waals surface area contributed by atoms with Gasteiger partial charge >= 0.3 is 12.1 Å². The first-order chi connectivity index (χ1) is 22.0. The lowest BCUT2D eigenvalue weighted by molar-refractivity contribution is -0.145. The van der Waals surface area contributed by atoms with Crippen molar-refractivity contribution in [3.05, 3.63) is 59.2 Å². The van der Waals surface area contributed by atoms with E-state index in [-0.39, 0.29) is 12.5 Å². The van der Waals surface area contributed by atoms with Crippen molar-refractivity contribution >= 4 is 17.6 Å². The molecule has 3 aliphatic heterocycles. The fourth-order valence-electron chi connectivity index (χ4n) is 7.87. The quantitative estimate of drug-likeness (QED) is 0.339. The van der Waals surface area contributed by atoms with Gasteiger partial charge in [-0.15, -0.1) is 0 Å². The number of hydrogen-bond donors (Lipinski definition) is 1. The number of ether oxygens (including phenoxy) is 1. The predicted octanol–water partition coefficient (Wildman–Crippen LogP) is 6.33. The largest absolute Gasteiger partial charge is 0.497 e. The molecule has 0 bridgehead atoms. The summed E-state index contributed by atoms with van der Waals surface area (Å²) < 4.78 is 63.7. The Morgan fingerprint density at radius 3 is 2.20 bits per heavy atom. The molecule has 11 heteroatoms. The third kappa shape index (κ3) is 6.57. The van der Waals surface area contributed by atoms with Gasteiger partial charge in [-0.25, -0.2) is 4.39 Å². The van der Waals surface area contributed by atoms with Crippen LogP contribution in [0.25, 0.3) is 0 Å². The molecule has 46 heavy (non-hydrogen) atoms. The number of rotatable bonds is 8. The summed E-state index contributed by atoms with van der Waals surface area (Å²) in [7, 11) is 1.58. The van der Waals surface area contributed by atoms with Gasteiger partial charge in [-0.1, -0.05) is 24.6 Å². The summed E-state index contributed by atoms with van der Waals surface area (Å²) in [6.45, 7) is 2.65. The minimum Gasteiger partial charge on any atom is -0.497 e. The molecule has 1 N–H and O–H groups in total. The van der Waals surface area contributed by atoms with E-state index < -0.39 is 41.1 Å². The first kappa shape index (κ1) is 32.6. The first-order valence-corrected chi connectivity index (χ1v) is 16.5. The Bertz CT molecular complexity index is 1400. The van der Waals surface area contributed by atoms with Crippen LogP contribution in [0, 0.1) is 11.8 Å². The van der Waals surface area contributed by atoms with E-state index in [1.807, 2.05) is 17.0 Å². The van der Waals surface area contributed by atoms with Gasteiger partial charge in [0.1, 0.15) is 5.75 Å². The van der Waals surface area contributed by atoms with Crippen LogP contribution in [0.15, 0.2) is 42.5 Å². The molecule has 0 unspecified atom stereocenters. The Kier molecular flexibility index (Phi) is 9.24. The third-order valence-corrected chi connectivity index (χ3v) is 10.8. The van der Waals surface area contributed by atoms with Gasteiger partial charge in [-0.2, -0.15) is 13.2 Å². The summed E-state index contributed by atoms with van der Waals surface area (Å²) in [6, 6.07) is 11.1. The molecular weight excluding hydrogens is 602 g/mol. The second-order valence-electron chi connectivity index (χ2n) is 13.6. The molecule has 0 radical (unpaired) electrons. The van der Waals surface area contributed by atoms with Crippen molar-refractivity contribution in [1.82, 2.24) is 9.80 Å². The predicted molar refractivity (Wildman–Crippen MR) is 166 cm³/mol. The summed E-state index contributed by atoms with van der Waals surface area (Å²) in [6.07, 6.45) is 0.688. The molecule has 1 aliphatic carbocycles. The van der Waals surface area contributed by atoms with Crippen LogP contribution >= 0.6 is 0 Å². The van der Waals surface area contributed by atoms with Crippen molar-refractivity contribution in [3.8, 4) is 5.75 Å². The lowest BCUT2D eigenvalue weighted by Gasteiger charge is -2.39. The molecule has 2 atom stereocenters. The highest BCUT2D eigenvalue weighted by atomic mass is 19.4. The van der Waals surface area contributed by atoms with Crippen LogP contribution < -0.4 is 9.64 Å². The number of likely N-dealkylation sites (tertiary alicyclic amines) is 2. The van der Waals surface area contributed by atoms with E-state index in [0.29, 0.717) is 75.8 Å². The van der Waals surface area contributed by atoms with Gasteiger partial charge in [0.05, 0.1) is 18.6 Å². The molecule has 6 rings (SSSR count). The number of piperidine rings is 2. The number of halogens is 4. The number of aliphatic carboxylic acids is 1. The van der Waals surface area contributed by atoms with Gasteiger partial charge in [0, 0.05) is 57.4 Å². The summed E-state index contributed by atoms with van der Waals surface area (Å²) >= 11 is 0. The number of amides is 1. The minimum atomic E-state index is -4.51. The lowest BCUT2D eigenvalue weighted by atomic mass is 9.83. The van der Waals surface area contributed by atoms with Gasteiger partial charge in [0.15, 0.2) is 0 Å². The number of alkyl halides is 4. The standard InChI is InChI=1S/C35H43F4N3O4/c1-46-28-8-5-25(6-9-28)30-21-40(20-23-3-2-4-23)22-34(30,36)33(45)42-17-11-24(12-18-42)29-10-7-27(35(37,38)39)19-31(29)41-15-13-26(14-16-41)32(43)44/h5-10,19,23-24,26,30H,2-4,11-18,20-22H2,1H3,(H,43,44)/t30-,34-/m0/s1. The maximum Gasteiger partial charge on any atom is 0.416 e. The lowest BCUT2D eigenvalue weighted by Crippen LogP contribution is -2.52. The van der Waals surface area contributed by atoms with Crippen molar-refractivity contribution in [2.24, 2.45) is 11.8 Å². The number of nitrogens with zero attached hydrogens (tertiary/aromatic N) is 3. The van der Waals surface area contributed by atoms with E-state index >= 15 is 4.39 Å². The number of hydrogen-bond acceptors (Lipinski definition) is 5.